The van der Waals surface area contributed by atoms with Crippen molar-refractivity contribution in [2.75, 3.05) is 5.32 Å². The van der Waals surface area contributed by atoms with E-state index in [4.69, 9.17) is 10.3 Å². The molecule has 2 aromatic carbocycles. The lowest BCUT2D eigenvalue weighted by Gasteiger charge is -2.24. The van der Waals surface area contributed by atoms with Crippen molar-refractivity contribution in [1.82, 2.24) is 10.1 Å². The summed E-state index contributed by atoms with van der Waals surface area (Å²) in [6.45, 7) is 4.81. The molecular formula is C26H30N4O3. The summed E-state index contributed by atoms with van der Waals surface area (Å²) in [4.78, 5) is 27.5. The molecule has 7 nitrogen and oxygen atoms in total. The van der Waals surface area contributed by atoms with Crippen molar-refractivity contribution >= 4 is 17.5 Å². The fraction of sp³-hybridized carbons (Fsp3) is 0.346. The van der Waals surface area contributed by atoms with Crippen LogP contribution in [0, 0.1) is 19.8 Å². The number of aromatic nitrogens is 1. The number of carbonyl (C=O) groups is 2. The van der Waals surface area contributed by atoms with E-state index in [1.807, 2.05) is 48.5 Å². The van der Waals surface area contributed by atoms with E-state index < -0.39 is 0 Å². The first-order valence-electron chi connectivity index (χ1n) is 11.3. The molecule has 1 saturated carbocycles. The first kappa shape index (κ1) is 22.7. The molecule has 172 valence electrons. The molecule has 0 aliphatic heterocycles. The summed E-state index contributed by atoms with van der Waals surface area (Å²) in [7, 11) is 0. The molecule has 1 heterocycles. The van der Waals surface area contributed by atoms with Crippen molar-refractivity contribution in [3.63, 3.8) is 0 Å². The molecule has 4 rings (SSSR count). The third-order valence-corrected chi connectivity index (χ3v) is 6.21. The second-order valence-electron chi connectivity index (χ2n) is 8.70. The van der Waals surface area contributed by atoms with Gasteiger partial charge in [-0.3, -0.25) is 9.59 Å². The van der Waals surface area contributed by atoms with Crippen molar-refractivity contribution in [2.24, 2.45) is 11.7 Å². The molecule has 7 heteroatoms. The lowest BCUT2D eigenvalue weighted by atomic mass is 9.85. The first-order valence-corrected chi connectivity index (χ1v) is 11.3. The molecule has 33 heavy (non-hydrogen) atoms. The molecule has 0 bridgehead atoms. The van der Waals surface area contributed by atoms with Crippen LogP contribution in [0.5, 0.6) is 0 Å². The van der Waals surface area contributed by atoms with Crippen molar-refractivity contribution in [3.05, 3.63) is 82.2 Å². The summed E-state index contributed by atoms with van der Waals surface area (Å²) in [6, 6.07) is 15.6. The molecule has 0 atom stereocenters. The van der Waals surface area contributed by atoms with Gasteiger partial charge < -0.3 is 20.5 Å². The number of nitrogens with zero attached hydrogens (tertiary/aromatic N) is 2. The van der Waals surface area contributed by atoms with Crippen molar-refractivity contribution in [3.8, 4) is 0 Å². The Bertz CT molecular complexity index is 1110. The van der Waals surface area contributed by atoms with Crippen LogP contribution in [0.25, 0.3) is 0 Å². The van der Waals surface area contributed by atoms with Crippen LogP contribution in [0.4, 0.5) is 5.69 Å². The monoisotopic (exact) mass is 446 g/mol. The number of rotatable bonds is 8. The lowest BCUT2D eigenvalue weighted by molar-refractivity contribution is -0.122. The summed E-state index contributed by atoms with van der Waals surface area (Å²) in [5.41, 5.74) is 10.6. The quantitative estimate of drug-likeness (QED) is 0.536. The number of hydrogen-bond acceptors (Lipinski definition) is 5. The van der Waals surface area contributed by atoms with Gasteiger partial charge in [-0.05, 0) is 55.5 Å². The van der Waals surface area contributed by atoms with Crippen LogP contribution < -0.4 is 11.1 Å². The predicted octanol–water partition coefficient (Wildman–Crippen LogP) is 4.33. The summed E-state index contributed by atoms with van der Waals surface area (Å²) >= 11 is 0. The zero-order chi connectivity index (χ0) is 23.4. The van der Waals surface area contributed by atoms with Crippen molar-refractivity contribution in [1.29, 1.82) is 0 Å². The highest BCUT2D eigenvalue weighted by molar-refractivity contribution is 5.96. The number of benzene rings is 2. The minimum Gasteiger partial charge on any atom is -0.361 e. The summed E-state index contributed by atoms with van der Waals surface area (Å²) in [5, 5.41) is 6.93. The third-order valence-electron chi connectivity index (χ3n) is 6.21. The van der Waals surface area contributed by atoms with Crippen LogP contribution in [0.2, 0.25) is 0 Å². The molecule has 0 unspecified atom stereocenters. The van der Waals surface area contributed by atoms with Crippen LogP contribution in [-0.4, -0.2) is 21.9 Å². The molecule has 0 radical (unpaired) electrons. The van der Waals surface area contributed by atoms with E-state index in [1.165, 1.54) is 0 Å². The molecule has 1 fully saturated rings. The van der Waals surface area contributed by atoms with Gasteiger partial charge in [0.15, 0.2) is 0 Å². The second kappa shape index (κ2) is 10.0. The number of carbonyl (C=O) groups excluding carboxylic acids is 2. The van der Waals surface area contributed by atoms with Gasteiger partial charge in [0.25, 0.3) is 5.91 Å². The van der Waals surface area contributed by atoms with Crippen LogP contribution in [0.3, 0.4) is 0 Å². The lowest BCUT2D eigenvalue weighted by Crippen LogP contribution is -2.31. The molecule has 1 aliphatic rings. The topological polar surface area (TPSA) is 101 Å². The zero-order valence-electron chi connectivity index (χ0n) is 19.1. The highest BCUT2D eigenvalue weighted by atomic mass is 16.5. The maximum absolute atomic E-state index is 13.5. The van der Waals surface area contributed by atoms with Crippen LogP contribution >= 0.6 is 0 Å². The minimum absolute atomic E-state index is 0.0870. The number of nitrogens with one attached hydrogen (secondary N) is 1. The smallest absolute Gasteiger partial charge is 0.259 e. The zero-order valence-corrected chi connectivity index (χ0v) is 19.1. The molecule has 3 aromatic rings. The number of anilines is 1. The van der Waals surface area contributed by atoms with Crippen LogP contribution in [0.1, 0.15) is 57.8 Å². The van der Waals surface area contributed by atoms with E-state index in [0.717, 1.165) is 41.6 Å². The highest BCUT2D eigenvalue weighted by Crippen LogP contribution is 2.28. The van der Waals surface area contributed by atoms with Crippen LogP contribution in [-0.2, 0) is 24.4 Å². The summed E-state index contributed by atoms with van der Waals surface area (Å²) in [5.74, 6) is 0.597. The van der Waals surface area contributed by atoms with Gasteiger partial charge in [0.2, 0.25) is 5.91 Å². The summed E-state index contributed by atoms with van der Waals surface area (Å²) < 4.78 is 5.24. The van der Waals surface area contributed by atoms with Crippen molar-refractivity contribution < 1.29 is 14.1 Å². The van der Waals surface area contributed by atoms with E-state index in [2.05, 4.69) is 10.5 Å². The first-order chi connectivity index (χ1) is 15.9. The Hall–Kier alpha value is -3.45. The van der Waals surface area contributed by atoms with Gasteiger partial charge >= 0.3 is 0 Å². The maximum Gasteiger partial charge on any atom is 0.259 e. The maximum atomic E-state index is 13.5. The number of nitrogens with two attached hydrogens (primary N) is 1. The average molecular weight is 447 g/mol. The second-order valence-corrected chi connectivity index (χ2v) is 8.70. The highest BCUT2D eigenvalue weighted by Gasteiger charge is 2.26. The van der Waals surface area contributed by atoms with Gasteiger partial charge in [0, 0.05) is 31.2 Å². The molecule has 0 saturated heterocycles. The van der Waals surface area contributed by atoms with E-state index in [0.29, 0.717) is 36.7 Å². The van der Waals surface area contributed by atoms with E-state index in [9.17, 15) is 9.59 Å². The Labute approximate surface area is 193 Å². The van der Waals surface area contributed by atoms with E-state index in [-0.39, 0.29) is 17.7 Å². The molecule has 0 spiro atoms. The molecule has 2 amide bonds. The largest absolute Gasteiger partial charge is 0.361 e. The van der Waals surface area contributed by atoms with E-state index in [1.54, 1.807) is 18.7 Å². The van der Waals surface area contributed by atoms with Gasteiger partial charge in [0.1, 0.15) is 11.3 Å². The molecular weight excluding hydrogens is 416 g/mol. The molecule has 1 aromatic heterocycles. The number of hydrogen-bond donors (Lipinski definition) is 2. The van der Waals surface area contributed by atoms with Gasteiger partial charge in [-0.2, -0.15) is 0 Å². The Kier molecular flexibility index (Phi) is 6.89. The fourth-order valence-electron chi connectivity index (χ4n) is 4.05. The van der Waals surface area contributed by atoms with Gasteiger partial charge in [-0.25, -0.2) is 0 Å². The van der Waals surface area contributed by atoms with Crippen LogP contribution in [0.15, 0.2) is 53.1 Å². The van der Waals surface area contributed by atoms with E-state index >= 15 is 0 Å². The number of amides is 2. The Morgan fingerprint density at radius 2 is 1.76 bits per heavy atom. The number of aryl methyl sites for hydroxylation is 2. The normalized spacial score (nSPS) is 13.4. The summed E-state index contributed by atoms with van der Waals surface area (Å²) in [6.07, 6.45) is 3.06. The molecule has 3 N–H and O–H groups in total. The Morgan fingerprint density at radius 1 is 1.06 bits per heavy atom. The standard InChI is InChI=1S/C26H30N4O3/c1-17-24(18(2)33-29-17)26(32)30(16-21-6-3-5-20(13-21)14-27)15-19-9-11-23(12-10-19)28-25(31)22-7-4-8-22/h3,5-6,9-13,22H,4,7-8,14-16,27H2,1-2H3,(H,28,31). The minimum atomic E-state index is -0.133. The Morgan fingerprint density at radius 3 is 2.36 bits per heavy atom. The average Bonchev–Trinajstić information content (AvgIpc) is 3.11. The SMILES string of the molecule is Cc1noc(C)c1C(=O)N(Cc1ccc(NC(=O)C2CCC2)cc1)Cc1cccc(CN)c1. The van der Waals surface area contributed by atoms with Crippen molar-refractivity contribution in [2.45, 2.75) is 52.7 Å². The van der Waals surface area contributed by atoms with Gasteiger partial charge in [-0.1, -0.05) is 48.0 Å². The van der Waals surface area contributed by atoms with Gasteiger partial charge in [0.05, 0.1) is 5.69 Å². The van der Waals surface area contributed by atoms with Gasteiger partial charge in [-0.15, -0.1) is 0 Å². The fourth-order valence-corrected chi connectivity index (χ4v) is 4.05. The molecule has 1 aliphatic carbocycles. The Balaban J connectivity index is 1.53. The third kappa shape index (κ3) is 5.31. The predicted molar refractivity (Wildman–Crippen MR) is 126 cm³/mol.